The number of hydrogen-bond acceptors (Lipinski definition) is 7. The largest absolute Gasteiger partial charge is 0.493 e. The number of fused-ring (bicyclic) bond motifs is 1. The molecule has 3 unspecified atom stereocenters. The van der Waals surface area contributed by atoms with Gasteiger partial charge in [-0.25, -0.2) is 4.79 Å². The van der Waals surface area contributed by atoms with Gasteiger partial charge in [-0.1, -0.05) is 51.6 Å². The Bertz CT molecular complexity index is 975. The van der Waals surface area contributed by atoms with E-state index in [0.29, 0.717) is 12.5 Å². The van der Waals surface area contributed by atoms with Gasteiger partial charge in [0.25, 0.3) is 0 Å². The molecule has 2 aliphatic heterocycles. The maximum Gasteiger partial charge on any atom is 0.327 e. The highest BCUT2D eigenvalue weighted by atomic mass is 16.7. The molecule has 1 saturated carbocycles. The van der Waals surface area contributed by atoms with E-state index in [9.17, 15) is 4.79 Å². The van der Waals surface area contributed by atoms with Crippen LogP contribution in [0.4, 0.5) is 0 Å². The Morgan fingerprint density at radius 1 is 1.39 bits per heavy atom. The van der Waals surface area contributed by atoms with Crippen LogP contribution in [0.2, 0.25) is 0 Å². The van der Waals surface area contributed by atoms with Crippen LogP contribution >= 0.6 is 0 Å². The van der Waals surface area contributed by atoms with Crippen molar-refractivity contribution in [2.45, 2.75) is 83.1 Å². The van der Waals surface area contributed by atoms with Crippen molar-refractivity contribution in [3.63, 3.8) is 0 Å². The lowest BCUT2D eigenvalue weighted by atomic mass is 9.86. The van der Waals surface area contributed by atoms with Gasteiger partial charge in [0.05, 0.1) is 19.8 Å². The maximum absolute atomic E-state index is 13.2. The van der Waals surface area contributed by atoms with Crippen LogP contribution in [0, 0.1) is 5.41 Å². The van der Waals surface area contributed by atoms with Gasteiger partial charge in [0.1, 0.15) is 18.0 Å². The average Bonchev–Trinajstić information content (AvgIpc) is 3.18. The smallest absolute Gasteiger partial charge is 0.327 e. The van der Waals surface area contributed by atoms with Crippen molar-refractivity contribution < 1.29 is 19.1 Å². The van der Waals surface area contributed by atoms with E-state index in [1.807, 2.05) is 25.3 Å². The maximum atomic E-state index is 13.2. The molecule has 1 aromatic carbocycles. The summed E-state index contributed by atoms with van der Waals surface area (Å²) in [5, 5.41) is 3.50. The summed E-state index contributed by atoms with van der Waals surface area (Å²) in [5.74, 6) is 0.968. The summed E-state index contributed by atoms with van der Waals surface area (Å²) in [4.78, 5) is 21.7. The summed E-state index contributed by atoms with van der Waals surface area (Å²) in [6, 6.07) is 5.71. The van der Waals surface area contributed by atoms with Crippen LogP contribution in [-0.4, -0.2) is 56.5 Å². The first-order valence-electron chi connectivity index (χ1n) is 13.3. The zero-order valence-corrected chi connectivity index (χ0v) is 22.5. The van der Waals surface area contributed by atoms with Crippen molar-refractivity contribution in [3.8, 4) is 5.75 Å². The number of benzene rings is 1. The lowest BCUT2D eigenvalue weighted by molar-refractivity contribution is -0.147. The summed E-state index contributed by atoms with van der Waals surface area (Å²) >= 11 is 0. The second-order valence-electron chi connectivity index (χ2n) is 11.2. The molecule has 0 spiro atoms. The van der Waals surface area contributed by atoms with Crippen molar-refractivity contribution >= 4 is 5.97 Å². The Morgan fingerprint density at radius 3 is 2.94 bits per heavy atom. The Labute approximate surface area is 216 Å². The third-order valence-corrected chi connectivity index (χ3v) is 8.24. The summed E-state index contributed by atoms with van der Waals surface area (Å²) < 4.78 is 11.3. The van der Waals surface area contributed by atoms with Gasteiger partial charge < -0.3 is 9.47 Å². The van der Waals surface area contributed by atoms with Crippen LogP contribution in [-0.2, 0) is 14.4 Å². The van der Waals surface area contributed by atoms with Crippen molar-refractivity contribution in [1.29, 1.82) is 0 Å². The Kier molecular flexibility index (Phi) is 8.56. The normalized spacial score (nSPS) is 29.4. The summed E-state index contributed by atoms with van der Waals surface area (Å²) in [7, 11) is 3.51. The topological polar surface area (TPSA) is 72.1 Å². The van der Waals surface area contributed by atoms with Gasteiger partial charge in [0.2, 0.25) is 0 Å². The molecule has 5 atom stereocenters. The molecule has 2 N–H and O–H groups in total. The minimum Gasteiger partial charge on any atom is -0.493 e. The lowest BCUT2D eigenvalue weighted by Crippen LogP contribution is -2.49. The predicted octanol–water partition coefficient (Wildman–Crippen LogP) is 4.62. The first kappa shape index (κ1) is 26.9. The number of esters is 1. The number of nitrogens with one attached hydrogen (secondary N) is 2. The van der Waals surface area contributed by atoms with E-state index in [1.54, 1.807) is 0 Å². The van der Waals surface area contributed by atoms with Crippen molar-refractivity contribution in [2.75, 3.05) is 27.3 Å². The number of hydrogen-bond donors (Lipinski definition) is 2. The summed E-state index contributed by atoms with van der Waals surface area (Å²) in [5.41, 5.74) is 6.62. The van der Waals surface area contributed by atoms with E-state index in [4.69, 9.17) is 14.3 Å². The highest BCUT2D eigenvalue weighted by Crippen LogP contribution is 2.45. The number of ether oxygens (including phenoxy) is 2. The van der Waals surface area contributed by atoms with E-state index >= 15 is 0 Å². The molecule has 1 saturated heterocycles. The Balaban J connectivity index is 1.52. The van der Waals surface area contributed by atoms with E-state index in [1.165, 1.54) is 12.7 Å². The number of piperidine rings is 1. The average molecular weight is 498 g/mol. The second-order valence-corrected chi connectivity index (χ2v) is 11.2. The number of nitrogens with zero attached hydrogens (tertiary/aromatic N) is 1. The van der Waals surface area contributed by atoms with Gasteiger partial charge >= 0.3 is 5.97 Å². The summed E-state index contributed by atoms with van der Waals surface area (Å²) in [6.45, 7) is 12.2. The van der Waals surface area contributed by atoms with Crippen LogP contribution in [0.1, 0.15) is 76.0 Å². The molecule has 7 heteroatoms. The number of hydroxylamine groups is 1. The van der Waals surface area contributed by atoms with Crippen LogP contribution in [0.3, 0.4) is 0 Å². The van der Waals surface area contributed by atoms with Crippen LogP contribution < -0.4 is 15.5 Å². The molecule has 198 valence electrons. The molecule has 0 radical (unpaired) electrons. The number of allylic oxidation sites excluding steroid dienone is 2. The highest BCUT2D eigenvalue weighted by Gasteiger charge is 2.46. The van der Waals surface area contributed by atoms with Gasteiger partial charge in [-0.2, -0.15) is 5.48 Å². The Hall–Kier alpha value is -2.19. The molecule has 4 rings (SSSR count). The minimum absolute atomic E-state index is 0.00361. The van der Waals surface area contributed by atoms with E-state index in [-0.39, 0.29) is 29.7 Å². The third kappa shape index (κ3) is 5.54. The van der Waals surface area contributed by atoms with Crippen LogP contribution in [0.5, 0.6) is 5.75 Å². The van der Waals surface area contributed by atoms with Gasteiger partial charge in [-0.15, -0.1) is 0 Å². The number of rotatable bonds is 8. The second kappa shape index (κ2) is 11.5. The number of carbonyl (C=O) groups is 1. The molecule has 2 fully saturated rings. The summed E-state index contributed by atoms with van der Waals surface area (Å²) in [6.07, 6.45) is 8.71. The standard InChI is InChI=1S/C29H43N3O4/c1-7-10-20-11-9-15-30-27(20)31-36-24-17-21(18-29(24,3)4)32(5)26(28(33)34-6)22-12-8-13-23-25(22)19(2)14-16-35-23/h7-8,10,12-13,19,21,24,26-27,30-31H,1,9,11,14-18H2,2-6H3/b20-10-/t19-,21?,24?,26+,27?/m1/s1. The van der Waals surface area contributed by atoms with Crippen LogP contribution in [0.15, 0.2) is 42.5 Å². The molecule has 0 bridgehead atoms. The predicted molar refractivity (Wildman–Crippen MR) is 142 cm³/mol. The van der Waals surface area contributed by atoms with Gasteiger partial charge in [0, 0.05) is 11.6 Å². The molecule has 7 nitrogen and oxygen atoms in total. The zero-order chi connectivity index (χ0) is 25.9. The van der Waals surface area contributed by atoms with Gasteiger partial charge in [0.15, 0.2) is 0 Å². The fraction of sp³-hybridized carbons (Fsp3) is 0.621. The monoisotopic (exact) mass is 497 g/mol. The molecule has 36 heavy (non-hydrogen) atoms. The first-order valence-corrected chi connectivity index (χ1v) is 13.3. The zero-order valence-electron chi connectivity index (χ0n) is 22.5. The fourth-order valence-corrected chi connectivity index (χ4v) is 6.10. The minimum atomic E-state index is -0.497. The quantitative estimate of drug-likeness (QED) is 0.401. The van der Waals surface area contributed by atoms with Crippen molar-refractivity contribution in [3.05, 3.63) is 53.6 Å². The SMILES string of the molecule is C=C/C=C1/CCCNC1NOC1CC(N(C)[C@H](C(=O)OC)c2cccc3c2[C@H](C)CCO3)CC1(C)C. The number of carbonyl (C=O) groups excluding carboxylic acids is 1. The van der Waals surface area contributed by atoms with E-state index < -0.39 is 6.04 Å². The van der Waals surface area contributed by atoms with Gasteiger partial charge in [-0.05, 0) is 74.2 Å². The lowest BCUT2D eigenvalue weighted by Gasteiger charge is -2.35. The van der Waals surface area contributed by atoms with Crippen molar-refractivity contribution in [1.82, 2.24) is 15.7 Å². The van der Waals surface area contributed by atoms with Crippen LogP contribution in [0.25, 0.3) is 0 Å². The fourth-order valence-electron chi connectivity index (χ4n) is 6.10. The molecular formula is C29H43N3O4. The molecular weight excluding hydrogens is 454 g/mol. The Morgan fingerprint density at radius 2 is 2.19 bits per heavy atom. The number of likely N-dealkylation sites (N-methyl/N-ethyl adjacent to an activating group) is 1. The van der Waals surface area contributed by atoms with Crippen molar-refractivity contribution in [2.24, 2.45) is 5.41 Å². The molecule has 0 aromatic heterocycles. The molecule has 1 aliphatic carbocycles. The molecule has 1 aromatic rings. The van der Waals surface area contributed by atoms with E-state index in [2.05, 4.69) is 55.2 Å². The first-order chi connectivity index (χ1) is 17.3. The van der Waals surface area contributed by atoms with Gasteiger partial charge in [-0.3, -0.25) is 15.1 Å². The molecule has 2 heterocycles. The highest BCUT2D eigenvalue weighted by molar-refractivity contribution is 5.78. The molecule has 0 amide bonds. The third-order valence-electron chi connectivity index (χ3n) is 8.24. The number of methoxy groups -OCH3 is 1. The molecule has 3 aliphatic rings. The van der Waals surface area contributed by atoms with E-state index in [0.717, 1.165) is 55.5 Å².